The van der Waals surface area contributed by atoms with E-state index in [2.05, 4.69) is 25.7 Å². The Morgan fingerprint density at radius 1 is 0.941 bits per heavy atom. The summed E-state index contributed by atoms with van der Waals surface area (Å²) < 4.78 is 20.2. The number of fused-ring (bicyclic) bond motifs is 1. The number of nitrogens with one attached hydrogen (secondary N) is 2. The summed E-state index contributed by atoms with van der Waals surface area (Å²) in [6.45, 7) is 0.969. The van der Waals surface area contributed by atoms with E-state index in [4.69, 9.17) is 4.74 Å². The number of carbonyl (C=O) groups is 1. The van der Waals surface area contributed by atoms with Crippen molar-refractivity contribution in [2.75, 3.05) is 5.32 Å². The fourth-order valence-electron chi connectivity index (χ4n) is 3.51. The normalized spacial score (nSPS) is 11.0. The number of hydrogen-bond donors (Lipinski definition) is 2. The molecule has 2 aromatic heterocycles. The van der Waals surface area contributed by atoms with Crippen molar-refractivity contribution in [3.63, 3.8) is 0 Å². The molecule has 0 aliphatic heterocycles. The molecule has 0 saturated carbocycles. The van der Waals surface area contributed by atoms with Gasteiger partial charge in [0.05, 0.1) is 36.2 Å². The van der Waals surface area contributed by atoms with Gasteiger partial charge in [0.2, 0.25) is 0 Å². The Balaban J connectivity index is 1.25. The Kier molecular flexibility index (Phi) is 6.05. The summed E-state index contributed by atoms with van der Waals surface area (Å²) in [5, 5.41) is 13.1. The number of amides is 1. The molecule has 0 saturated heterocycles. The molecule has 0 aliphatic carbocycles. The highest BCUT2D eigenvalue weighted by atomic mass is 19.1. The van der Waals surface area contributed by atoms with Gasteiger partial charge in [-0.05, 0) is 47.5 Å². The lowest BCUT2D eigenvalue weighted by molar-refractivity contribution is 0.102. The van der Waals surface area contributed by atoms with E-state index in [9.17, 15) is 9.18 Å². The molecule has 0 spiro atoms. The number of benzene rings is 3. The van der Waals surface area contributed by atoms with Gasteiger partial charge < -0.3 is 10.1 Å². The third-order valence-corrected chi connectivity index (χ3v) is 5.31. The maximum absolute atomic E-state index is 14.5. The van der Waals surface area contributed by atoms with Crippen LogP contribution in [-0.2, 0) is 18.0 Å². The minimum atomic E-state index is -0.614. The number of aromatic amines is 1. The van der Waals surface area contributed by atoms with Crippen LogP contribution in [0.25, 0.3) is 22.3 Å². The largest absolute Gasteiger partial charge is 0.372 e. The number of pyridine rings is 1. The van der Waals surface area contributed by atoms with Crippen molar-refractivity contribution in [2.24, 2.45) is 0 Å². The standard InChI is InChI=1S/C26H20FN5O2/c27-22-11-8-19(23-13-24-25(14-28-23)31-32-30-24)12-21(22)26(33)29-20-9-6-18(7-10-20)16-34-15-17-4-2-1-3-5-17/h1-14H,15-16H2,(H,29,33)(H,30,31,32). The van der Waals surface area contributed by atoms with Crippen LogP contribution in [0.3, 0.4) is 0 Å². The predicted octanol–water partition coefficient (Wildman–Crippen LogP) is 5.13. The molecule has 0 radical (unpaired) electrons. The van der Waals surface area contributed by atoms with Gasteiger partial charge in [0.25, 0.3) is 5.91 Å². The molecule has 0 fully saturated rings. The van der Waals surface area contributed by atoms with Crippen molar-refractivity contribution in [1.29, 1.82) is 0 Å². The van der Waals surface area contributed by atoms with E-state index in [1.807, 2.05) is 42.5 Å². The van der Waals surface area contributed by atoms with Crippen LogP contribution >= 0.6 is 0 Å². The van der Waals surface area contributed by atoms with Crippen molar-refractivity contribution < 1.29 is 13.9 Å². The Morgan fingerprint density at radius 3 is 2.50 bits per heavy atom. The topological polar surface area (TPSA) is 92.8 Å². The third-order valence-electron chi connectivity index (χ3n) is 5.31. The van der Waals surface area contributed by atoms with Gasteiger partial charge in [0.15, 0.2) is 0 Å². The monoisotopic (exact) mass is 453 g/mol. The van der Waals surface area contributed by atoms with Gasteiger partial charge in [-0.25, -0.2) is 4.39 Å². The number of anilines is 1. The summed E-state index contributed by atoms with van der Waals surface area (Å²) in [4.78, 5) is 17.1. The fraction of sp³-hybridized carbons (Fsp3) is 0.0769. The minimum Gasteiger partial charge on any atom is -0.372 e. The Labute approximate surface area is 194 Å². The molecule has 2 heterocycles. The fourth-order valence-corrected chi connectivity index (χ4v) is 3.51. The predicted molar refractivity (Wildman–Crippen MR) is 126 cm³/mol. The molecule has 5 rings (SSSR count). The van der Waals surface area contributed by atoms with Crippen LogP contribution < -0.4 is 5.32 Å². The highest BCUT2D eigenvalue weighted by Gasteiger charge is 2.15. The van der Waals surface area contributed by atoms with Crippen molar-refractivity contribution in [3.05, 3.63) is 108 Å². The number of carbonyl (C=O) groups excluding carboxylic acids is 1. The van der Waals surface area contributed by atoms with Crippen molar-refractivity contribution in [2.45, 2.75) is 13.2 Å². The van der Waals surface area contributed by atoms with Crippen LogP contribution in [-0.4, -0.2) is 26.3 Å². The highest BCUT2D eigenvalue weighted by Crippen LogP contribution is 2.23. The molecule has 5 aromatic rings. The molecule has 0 bridgehead atoms. The van der Waals surface area contributed by atoms with E-state index in [0.717, 1.165) is 11.1 Å². The van der Waals surface area contributed by atoms with Crippen molar-refractivity contribution in [3.8, 4) is 11.3 Å². The third kappa shape index (κ3) is 4.82. The Hall–Kier alpha value is -4.43. The first-order valence-corrected chi connectivity index (χ1v) is 10.6. The zero-order valence-corrected chi connectivity index (χ0v) is 18.0. The van der Waals surface area contributed by atoms with Gasteiger partial charge in [-0.1, -0.05) is 47.7 Å². The Morgan fingerprint density at radius 2 is 1.71 bits per heavy atom. The number of rotatable bonds is 7. The zero-order chi connectivity index (χ0) is 23.3. The number of nitrogens with zero attached hydrogens (tertiary/aromatic N) is 3. The smallest absolute Gasteiger partial charge is 0.258 e. The van der Waals surface area contributed by atoms with Crippen LogP contribution in [0.2, 0.25) is 0 Å². The second-order valence-corrected chi connectivity index (χ2v) is 7.72. The first-order valence-electron chi connectivity index (χ1n) is 10.6. The molecule has 168 valence electrons. The van der Waals surface area contributed by atoms with Crippen LogP contribution in [0.4, 0.5) is 10.1 Å². The maximum atomic E-state index is 14.5. The average Bonchev–Trinajstić information content (AvgIpc) is 3.34. The molecule has 0 atom stereocenters. The number of ether oxygens (including phenoxy) is 1. The molecule has 8 heteroatoms. The van der Waals surface area contributed by atoms with Crippen LogP contribution in [0, 0.1) is 5.82 Å². The second kappa shape index (κ2) is 9.60. The van der Waals surface area contributed by atoms with Gasteiger partial charge in [-0.15, -0.1) is 5.10 Å². The lowest BCUT2D eigenvalue weighted by Gasteiger charge is -2.09. The Bertz CT molecular complexity index is 1440. The van der Waals surface area contributed by atoms with Gasteiger partial charge in [-0.3, -0.25) is 14.9 Å². The molecular weight excluding hydrogens is 433 g/mol. The quantitative estimate of drug-likeness (QED) is 0.356. The summed E-state index contributed by atoms with van der Waals surface area (Å²) in [6.07, 6.45) is 1.57. The summed E-state index contributed by atoms with van der Waals surface area (Å²) >= 11 is 0. The zero-order valence-electron chi connectivity index (χ0n) is 18.0. The lowest BCUT2D eigenvalue weighted by Crippen LogP contribution is -2.14. The summed E-state index contributed by atoms with van der Waals surface area (Å²) in [7, 11) is 0. The van der Waals surface area contributed by atoms with E-state index in [0.29, 0.717) is 41.2 Å². The van der Waals surface area contributed by atoms with Gasteiger partial charge in [-0.2, -0.15) is 0 Å². The van der Waals surface area contributed by atoms with E-state index < -0.39 is 11.7 Å². The van der Waals surface area contributed by atoms with Crippen molar-refractivity contribution >= 4 is 22.6 Å². The second-order valence-electron chi connectivity index (χ2n) is 7.72. The molecule has 0 unspecified atom stereocenters. The first kappa shape index (κ1) is 21.4. The molecule has 2 N–H and O–H groups in total. The number of H-pyrrole nitrogens is 1. The van der Waals surface area contributed by atoms with E-state index in [1.54, 1.807) is 30.5 Å². The lowest BCUT2D eigenvalue weighted by atomic mass is 10.1. The first-order chi connectivity index (χ1) is 16.7. The van der Waals surface area contributed by atoms with Gasteiger partial charge in [0, 0.05) is 11.3 Å². The van der Waals surface area contributed by atoms with E-state index in [1.165, 1.54) is 12.1 Å². The van der Waals surface area contributed by atoms with E-state index >= 15 is 0 Å². The number of hydrogen-bond acceptors (Lipinski definition) is 5. The maximum Gasteiger partial charge on any atom is 0.258 e. The molecule has 1 amide bonds. The van der Waals surface area contributed by atoms with Crippen LogP contribution in [0.5, 0.6) is 0 Å². The molecule has 3 aromatic carbocycles. The van der Waals surface area contributed by atoms with Crippen LogP contribution in [0.1, 0.15) is 21.5 Å². The van der Waals surface area contributed by atoms with Gasteiger partial charge in [0.1, 0.15) is 11.3 Å². The summed E-state index contributed by atoms with van der Waals surface area (Å²) in [5.41, 5.74) is 5.07. The number of halogens is 1. The average molecular weight is 453 g/mol. The summed E-state index contributed by atoms with van der Waals surface area (Å²) in [5.74, 6) is -1.16. The molecular formula is C26H20FN5O2. The molecule has 0 aliphatic rings. The molecule has 34 heavy (non-hydrogen) atoms. The highest BCUT2D eigenvalue weighted by molar-refractivity contribution is 6.05. The van der Waals surface area contributed by atoms with Gasteiger partial charge >= 0.3 is 0 Å². The van der Waals surface area contributed by atoms with Crippen molar-refractivity contribution in [1.82, 2.24) is 20.4 Å². The minimum absolute atomic E-state index is 0.0718. The van der Waals surface area contributed by atoms with E-state index in [-0.39, 0.29) is 5.56 Å². The molecule has 7 nitrogen and oxygen atoms in total. The van der Waals surface area contributed by atoms with Crippen LogP contribution in [0.15, 0.2) is 85.1 Å². The summed E-state index contributed by atoms with van der Waals surface area (Å²) in [6, 6.07) is 23.3. The SMILES string of the molecule is O=C(Nc1ccc(COCc2ccccc2)cc1)c1cc(-c2cc3[nH]nnc3cn2)ccc1F. The number of aromatic nitrogens is 4.